The third-order valence-corrected chi connectivity index (χ3v) is 6.66. The fourth-order valence-electron chi connectivity index (χ4n) is 3.35. The zero-order valence-electron chi connectivity index (χ0n) is 15.5. The number of carbonyl (C=O) groups excluding carboxylic acids is 1. The van der Waals surface area contributed by atoms with E-state index >= 15 is 0 Å². The van der Waals surface area contributed by atoms with Crippen LogP contribution in [0, 0.1) is 5.92 Å². The van der Waals surface area contributed by atoms with E-state index in [-0.39, 0.29) is 35.5 Å². The number of phenols is 1. The van der Waals surface area contributed by atoms with Gasteiger partial charge in [-0.25, -0.2) is 13.8 Å². The molecule has 0 unspecified atom stereocenters. The standard InChI is InChI=1S/C21H24N2O4S/c24-20-9-5-4-8-18(20)19(11-10-16-6-2-1-3-7-16)22-23-21(25)14-17-12-13-28(26,27)15-17/h1-9,17,24H,10-15H2,(H,23,25)/b22-19+/t17-/m1/s1. The first-order valence-electron chi connectivity index (χ1n) is 9.31. The molecule has 2 N–H and O–H groups in total. The summed E-state index contributed by atoms with van der Waals surface area (Å²) in [7, 11) is -3.01. The van der Waals surface area contributed by atoms with E-state index < -0.39 is 9.84 Å². The molecule has 28 heavy (non-hydrogen) atoms. The van der Waals surface area contributed by atoms with Crippen molar-refractivity contribution in [3.63, 3.8) is 0 Å². The molecule has 0 aromatic heterocycles. The fraction of sp³-hybridized carbons (Fsp3) is 0.333. The van der Waals surface area contributed by atoms with Crippen molar-refractivity contribution in [2.24, 2.45) is 11.0 Å². The van der Waals surface area contributed by atoms with Gasteiger partial charge in [-0.15, -0.1) is 0 Å². The monoisotopic (exact) mass is 400 g/mol. The molecule has 1 aliphatic heterocycles. The summed E-state index contributed by atoms with van der Waals surface area (Å²) in [5.41, 5.74) is 4.82. The smallest absolute Gasteiger partial charge is 0.240 e. The van der Waals surface area contributed by atoms with E-state index in [0.29, 0.717) is 30.5 Å². The minimum atomic E-state index is -3.01. The molecule has 1 atom stereocenters. The number of amides is 1. The van der Waals surface area contributed by atoms with Gasteiger partial charge in [-0.3, -0.25) is 4.79 Å². The van der Waals surface area contributed by atoms with Crippen molar-refractivity contribution < 1.29 is 18.3 Å². The molecule has 6 nitrogen and oxygen atoms in total. The Morgan fingerprint density at radius 3 is 2.50 bits per heavy atom. The Hall–Kier alpha value is -2.67. The van der Waals surface area contributed by atoms with Gasteiger partial charge in [0.25, 0.3) is 0 Å². The van der Waals surface area contributed by atoms with Crippen LogP contribution >= 0.6 is 0 Å². The molecule has 0 radical (unpaired) electrons. The summed E-state index contributed by atoms with van der Waals surface area (Å²) in [4.78, 5) is 12.2. The van der Waals surface area contributed by atoms with E-state index in [1.807, 2.05) is 30.3 Å². The van der Waals surface area contributed by atoms with Crippen molar-refractivity contribution in [1.82, 2.24) is 5.43 Å². The lowest BCUT2D eigenvalue weighted by molar-refractivity contribution is -0.121. The highest BCUT2D eigenvalue weighted by atomic mass is 32.2. The minimum absolute atomic E-state index is 0.0600. The SMILES string of the molecule is O=C(C[C@H]1CCS(=O)(=O)C1)N/N=C(\CCc1ccccc1)c1ccccc1O. The van der Waals surface area contributed by atoms with Gasteiger partial charge in [0.15, 0.2) is 9.84 Å². The van der Waals surface area contributed by atoms with E-state index in [1.165, 1.54) is 0 Å². The second-order valence-electron chi connectivity index (χ2n) is 7.07. The van der Waals surface area contributed by atoms with E-state index in [0.717, 1.165) is 5.56 Å². The Labute approximate surface area is 165 Å². The molecule has 0 spiro atoms. The van der Waals surface area contributed by atoms with Gasteiger partial charge >= 0.3 is 0 Å². The maximum Gasteiger partial charge on any atom is 0.240 e. The van der Waals surface area contributed by atoms with Crippen molar-refractivity contribution >= 4 is 21.5 Å². The lowest BCUT2D eigenvalue weighted by atomic mass is 10.0. The second kappa shape index (κ2) is 9.01. The van der Waals surface area contributed by atoms with Gasteiger partial charge in [-0.2, -0.15) is 5.10 Å². The average molecular weight is 401 g/mol. The van der Waals surface area contributed by atoms with Crippen molar-refractivity contribution in [3.05, 3.63) is 65.7 Å². The molecule has 1 fully saturated rings. The summed E-state index contributed by atoms with van der Waals surface area (Å²) in [6.07, 6.45) is 1.90. The highest BCUT2D eigenvalue weighted by Gasteiger charge is 2.29. The largest absolute Gasteiger partial charge is 0.507 e. The first kappa shape index (κ1) is 20.1. The number of hydrogen-bond donors (Lipinski definition) is 2. The Kier molecular flexibility index (Phi) is 6.46. The van der Waals surface area contributed by atoms with Crippen LogP contribution in [0.2, 0.25) is 0 Å². The Balaban J connectivity index is 1.69. The van der Waals surface area contributed by atoms with Crippen molar-refractivity contribution in [1.29, 1.82) is 0 Å². The fourth-order valence-corrected chi connectivity index (χ4v) is 5.21. The normalized spacial score (nSPS) is 18.7. The number of hydrazone groups is 1. The Morgan fingerprint density at radius 2 is 1.82 bits per heavy atom. The van der Waals surface area contributed by atoms with Gasteiger partial charge < -0.3 is 5.11 Å². The zero-order chi connectivity index (χ0) is 20.0. The van der Waals surface area contributed by atoms with Crippen LogP contribution in [0.1, 0.15) is 30.4 Å². The summed E-state index contributed by atoms with van der Waals surface area (Å²) in [5, 5.41) is 14.4. The van der Waals surface area contributed by atoms with Crippen molar-refractivity contribution in [2.45, 2.75) is 25.7 Å². The molecule has 0 aliphatic carbocycles. The minimum Gasteiger partial charge on any atom is -0.507 e. The van der Waals surface area contributed by atoms with Crippen LogP contribution in [0.3, 0.4) is 0 Å². The molecule has 3 rings (SSSR count). The van der Waals surface area contributed by atoms with Crippen molar-refractivity contribution in [3.8, 4) is 5.75 Å². The molecule has 0 bridgehead atoms. The highest BCUT2D eigenvalue weighted by molar-refractivity contribution is 7.91. The average Bonchev–Trinajstić information content (AvgIpc) is 3.02. The summed E-state index contributed by atoms with van der Waals surface area (Å²) in [6, 6.07) is 16.8. The number of hydrogen-bond acceptors (Lipinski definition) is 5. The van der Waals surface area contributed by atoms with Gasteiger partial charge in [0.2, 0.25) is 5.91 Å². The first-order valence-corrected chi connectivity index (χ1v) is 11.1. The number of phenolic OH excluding ortho intramolecular Hbond substituents is 1. The predicted molar refractivity (Wildman–Crippen MR) is 109 cm³/mol. The van der Waals surface area contributed by atoms with Crippen LogP contribution in [0.15, 0.2) is 59.7 Å². The van der Waals surface area contributed by atoms with Gasteiger partial charge in [-0.1, -0.05) is 42.5 Å². The third kappa shape index (κ3) is 5.66. The molecular weight excluding hydrogens is 376 g/mol. The molecule has 1 saturated heterocycles. The van der Waals surface area contributed by atoms with Crippen LogP contribution in [0.25, 0.3) is 0 Å². The number of nitrogens with zero attached hydrogens (tertiary/aromatic N) is 1. The van der Waals surface area contributed by atoms with E-state index in [2.05, 4.69) is 10.5 Å². The lowest BCUT2D eigenvalue weighted by Gasteiger charge is -2.11. The van der Waals surface area contributed by atoms with E-state index in [1.54, 1.807) is 24.3 Å². The highest BCUT2D eigenvalue weighted by Crippen LogP contribution is 2.22. The summed E-state index contributed by atoms with van der Waals surface area (Å²) < 4.78 is 23.1. The van der Waals surface area contributed by atoms with Gasteiger partial charge in [0.1, 0.15) is 5.75 Å². The van der Waals surface area contributed by atoms with Crippen LogP contribution in [0.5, 0.6) is 5.75 Å². The lowest BCUT2D eigenvalue weighted by Crippen LogP contribution is -2.23. The van der Waals surface area contributed by atoms with Crippen LogP contribution in [-0.4, -0.2) is 36.6 Å². The molecule has 2 aromatic carbocycles. The topological polar surface area (TPSA) is 95.8 Å². The van der Waals surface area contributed by atoms with E-state index in [9.17, 15) is 18.3 Å². The molecule has 1 aliphatic rings. The number of sulfone groups is 1. The summed E-state index contributed by atoms with van der Waals surface area (Å²) >= 11 is 0. The van der Waals surface area contributed by atoms with Crippen LogP contribution in [0.4, 0.5) is 0 Å². The Bertz CT molecular complexity index is 955. The molecule has 0 saturated carbocycles. The first-order chi connectivity index (χ1) is 13.4. The maximum atomic E-state index is 12.2. The quantitative estimate of drug-likeness (QED) is 0.552. The number of rotatable bonds is 7. The third-order valence-electron chi connectivity index (χ3n) is 4.82. The molecule has 148 valence electrons. The molecule has 1 amide bonds. The Morgan fingerprint density at radius 1 is 1.11 bits per heavy atom. The molecular formula is C21H24N2O4S. The molecule has 1 heterocycles. The number of para-hydroxylation sites is 1. The predicted octanol–water partition coefficient (Wildman–Crippen LogP) is 2.67. The molecule has 2 aromatic rings. The number of aryl methyl sites for hydroxylation is 1. The summed E-state index contributed by atoms with van der Waals surface area (Å²) in [6.45, 7) is 0. The van der Waals surface area contributed by atoms with Gasteiger partial charge in [0, 0.05) is 12.0 Å². The number of aromatic hydroxyl groups is 1. The van der Waals surface area contributed by atoms with Crippen molar-refractivity contribution in [2.75, 3.05) is 11.5 Å². The van der Waals surface area contributed by atoms with Crippen LogP contribution in [-0.2, 0) is 21.1 Å². The number of benzene rings is 2. The van der Waals surface area contributed by atoms with Crippen LogP contribution < -0.4 is 5.43 Å². The maximum absolute atomic E-state index is 12.2. The summed E-state index contributed by atoms with van der Waals surface area (Å²) in [5.74, 6) is -0.155. The van der Waals surface area contributed by atoms with E-state index in [4.69, 9.17) is 0 Å². The molecule has 7 heteroatoms. The van der Waals surface area contributed by atoms with Gasteiger partial charge in [0.05, 0.1) is 17.2 Å². The number of carbonyl (C=O) groups is 1. The second-order valence-corrected chi connectivity index (χ2v) is 9.30. The zero-order valence-corrected chi connectivity index (χ0v) is 16.4. The number of nitrogens with one attached hydrogen (secondary N) is 1. The van der Waals surface area contributed by atoms with Gasteiger partial charge in [-0.05, 0) is 42.9 Å².